The fourth-order valence-corrected chi connectivity index (χ4v) is 2.04. The van der Waals surface area contributed by atoms with Crippen LogP contribution >= 0.6 is 0 Å². The lowest BCUT2D eigenvalue weighted by molar-refractivity contribution is -0.116. The molecule has 2 aromatic carbocycles. The number of Topliss-reactive ketones (excluding diaryl/α,β-unsaturated/α-hetero) is 1. The molecule has 0 radical (unpaired) electrons. The van der Waals surface area contributed by atoms with Gasteiger partial charge >= 0.3 is 0 Å². The number of benzene rings is 2. The van der Waals surface area contributed by atoms with Gasteiger partial charge in [-0.3, -0.25) is 9.59 Å². The molecule has 0 aliphatic rings. The van der Waals surface area contributed by atoms with Gasteiger partial charge in [0.1, 0.15) is 11.9 Å². The minimum Gasteiger partial charge on any atom is -0.374 e. The zero-order chi connectivity index (χ0) is 17.0. The smallest absolute Gasteiger partial charge is 0.246 e. The van der Waals surface area contributed by atoms with Gasteiger partial charge in [0.15, 0.2) is 5.78 Å². The third-order valence-corrected chi connectivity index (χ3v) is 3.51. The third-order valence-electron chi connectivity index (χ3n) is 3.51. The van der Waals surface area contributed by atoms with Gasteiger partial charge in [0, 0.05) is 16.9 Å². The average molecular weight is 314 g/mol. The molecule has 4 nitrogen and oxygen atoms in total. The summed E-state index contributed by atoms with van der Waals surface area (Å²) in [6.07, 6.45) is 0. The number of hydrogen-bond donors (Lipinski definition) is 2. The number of amides is 1. The van der Waals surface area contributed by atoms with Gasteiger partial charge in [-0.25, -0.2) is 4.39 Å². The van der Waals surface area contributed by atoms with Gasteiger partial charge in [-0.1, -0.05) is 6.07 Å². The molecule has 0 saturated heterocycles. The number of carbonyl (C=O) groups is 2. The van der Waals surface area contributed by atoms with Crippen molar-refractivity contribution < 1.29 is 14.0 Å². The molecule has 0 heterocycles. The summed E-state index contributed by atoms with van der Waals surface area (Å²) in [6, 6.07) is 10.9. The van der Waals surface area contributed by atoms with Crippen LogP contribution in [-0.2, 0) is 4.79 Å². The van der Waals surface area contributed by atoms with Gasteiger partial charge in [0.05, 0.1) is 0 Å². The van der Waals surface area contributed by atoms with Crippen LogP contribution in [-0.4, -0.2) is 17.7 Å². The Hall–Kier alpha value is -2.69. The first-order valence-electron chi connectivity index (χ1n) is 7.31. The quantitative estimate of drug-likeness (QED) is 0.826. The molecule has 1 atom stereocenters. The van der Waals surface area contributed by atoms with Gasteiger partial charge in [-0.2, -0.15) is 0 Å². The van der Waals surface area contributed by atoms with Gasteiger partial charge in [-0.15, -0.1) is 0 Å². The van der Waals surface area contributed by atoms with Crippen LogP contribution in [0.4, 0.5) is 15.8 Å². The van der Waals surface area contributed by atoms with E-state index in [2.05, 4.69) is 10.6 Å². The number of anilines is 2. The van der Waals surface area contributed by atoms with Crippen molar-refractivity contribution in [3.05, 3.63) is 59.4 Å². The normalized spacial score (nSPS) is 11.7. The van der Waals surface area contributed by atoms with E-state index in [9.17, 15) is 14.0 Å². The molecule has 0 fully saturated rings. The molecule has 120 valence electrons. The third kappa shape index (κ3) is 4.39. The molecule has 0 aromatic heterocycles. The summed E-state index contributed by atoms with van der Waals surface area (Å²) >= 11 is 0. The molecule has 0 aliphatic carbocycles. The summed E-state index contributed by atoms with van der Waals surface area (Å²) in [5.74, 6) is -0.594. The van der Waals surface area contributed by atoms with Crippen molar-refractivity contribution in [1.29, 1.82) is 0 Å². The van der Waals surface area contributed by atoms with E-state index in [1.54, 1.807) is 50.2 Å². The monoisotopic (exact) mass is 314 g/mol. The summed E-state index contributed by atoms with van der Waals surface area (Å²) < 4.78 is 13.5. The van der Waals surface area contributed by atoms with Gasteiger partial charge in [-0.05, 0) is 62.7 Å². The fourth-order valence-electron chi connectivity index (χ4n) is 2.04. The molecule has 2 rings (SSSR count). The van der Waals surface area contributed by atoms with E-state index in [-0.39, 0.29) is 17.5 Å². The van der Waals surface area contributed by atoms with Crippen LogP contribution in [0, 0.1) is 12.7 Å². The summed E-state index contributed by atoms with van der Waals surface area (Å²) in [4.78, 5) is 23.4. The van der Waals surface area contributed by atoms with Crippen LogP contribution in [0.15, 0.2) is 42.5 Å². The number of hydrogen-bond acceptors (Lipinski definition) is 3. The summed E-state index contributed by atoms with van der Waals surface area (Å²) in [5.41, 5.74) is 2.29. The Morgan fingerprint density at radius 1 is 1.04 bits per heavy atom. The highest BCUT2D eigenvalue weighted by Crippen LogP contribution is 2.15. The lowest BCUT2D eigenvalue weighted by atomic mass is 10.1. The lowest BCUT2D eigenvalue weighted by Crippen LogP contribution is -2.31. The largest absolute Gasteiger partial charge is 0.374 e. The first kappa shape index (κ1) is 16.7. The fraction of sp³-hybridized carbons (Fsp3) is 0.222. The number of nitrogens with one attached hydrogen (secondary N) is 2. The molecule has 0 aliphatic heterocycles. The highest BCUT2D eigenvalue weighted by Gasteiger charge is 2.13. The molecule has 2 N–H and O–H groups in total. The standard InChI is InChI=1S/C18H19FN2O2/c1-11-4-7-16(10-17(11)19)20-12(2)18(23)21-15-8-5-14(6-9-15)13(3)22/h4-10,12,20H,1-3H3,(H,21,23)/t12-/m0/s1. The van der Waals surface area contributed by atoms with Crippen molar-refractivity contribution >= 4 is 23.1 Å². The van der Waals surface area contributed by atoms with Crippen LogP contribution in [0.1, 0.15) is 29.8 Å². The minimum absolute atomic E-state index is 0.0284. The van der Waals surface area contributed by atoms with E-state index in [1.165, 1.54) is 13.0 Å². The Labute approximate surface area is 134 Å². The van der Waals surface area contributed by atoms with Gasteiger partial charge < -0.3 is 10.6 Å². The Balaban J connectivity index is 1.99. The minimum atomic E-state index is -0.537. The number of ketones is 1. The van der Waals surface area contributed by atoms with Gasteiger partial charge in [0.2, 0.25) is 5.91 Å². The topological polar surface area (TPSA) is 58.2 Å². The van der Waals surface area contributed by atoms with Crippen molar-refractivity contribution in [2.24, 2.45) is 0 Å². The van der Waals surface area contributed by atoms with E-state index in [0.717, 1.165) is 0 Å². The Morgan fingerprint density at radius 2 is 1.65 bits per heavy atom. The SMILES string of the molecule is CC(=O)c1ccc(NC(=O)[C@H](C)Nc2ccc(C)c(F)c2)cc1. The van der Waals surface area contributed by atoms with Crippen LogP contribution in [0.5, 0.6) is 0 Å². The molecule has 5 heteroatoms. The summed E-state index contributed by atoms with van der Waals surface area (Å²) in [7, 11) is 0. The maximum atomic E-state index is 13.5. The molecule has 0 bridgehead atoms. The van der Waals surface area contributed by atoms with Crippen LogP contribution in [0.2, 0.25) is 0 Å². The molecule has 0 unspecified atom stereocenters. The highest BCUT2D eigenvalue weighted by molar-refractivity contribution is 5.97. The van der Waals surface area contributed by atoms with Crippen LogP contribution in [0.25, 0.3) is 0 Å². The summed E-state index contributed by atoms with van der Waals surface area (Å²) in [6.45, 7) is 4.86. The van der Waals surface area contributed by atoms with Crippen molar-refractivity contribution in [3.63, 3.8) is 0 Å². The van der Waals surface area contributed by atoms with Gasteiger partial charge in [0.25, 0.3) is 0 Å². The van der Waals surface area contributed by atoms with Crippen LogP contribution in [0.3, 0.4) is 0 Å². The highest BCUT2D eigenvalue weighted by atomic mass is 19.1. The number of halogens is 1. The maximum Gasteiger partial charge on any atom is 0.246 e. The van der Waals surface area contributed by atoms with E-state index in [0.29, 0.717) is 22.5 Å². The summed E-state index contributed by atoms with van der Waals surface area (Å²) in [5, 5.41) is 5.70. The molecule has 1 amide bonds. The molecular formula is C18H19FN2O2. The second-order valence-electron chi connectivity index (χ2n) is 5.45. The Kier molecular flexibility index (Phi) is 5.11. The van der Waals surface area contributed by atoms with E-state index >= 15 is 0 Å². The molecule has 0 saturated carbocycles. The van der Waals surface area contributed by atoms with Crippen molar-refractivity contribution in [3.8, 4) is 0 Å². The zero-order valence-electron chi connectivity index (χ0n) is 13.3. The zero-order valence-corrected chi connectivity index (χ0v) is 13.3. The molecule has 23 heavy (non-hydrogen) atoms. The Bertz CT molecular complexity index is 726. The second-order valence-corrected chi connectivity index (χ2v) is 5.45. The number of aryl methyl sites for hydroxylation is 1. The predicted octanol–water partition coefficient (Wildman–Crippen LogP) is 3.78. The Morgan fingerprint density at radius 3 is 2.22 bits per heavy atom. The average Bonchev–Trinajstić information content (AvgIpc) is 2.51. The van der Waals surface area contributed by atoms with E-state index in [4.69, 9.17) is 0 Å². The van der Waals surface area contributed by atoms with E-state index in [1.807, 2.05) is 0 Å². The second kappa shape index (κ2) is 7.05. The number of carbonyl (C=O) groups excluding carboxylic acids is 2. The first-order chi connectivity index (χ1) is 10.9. The van der Waals surface area contributed by atoms with Crippen LogP contribution < -0.4 is 10.6 Å². The number of rotatable bonds is 5. The predicted molar refractivity (Wildman–Crippen MR) is 89.3 cm³/mol. The van der Waals surface area contributed by atoms with Crippen molar-refractivity contribution in [1.82, 2.24) is 0 Å². The first-order valence-corrected chi connectivity index (χ1v) is 7.31. The van der Waals surface area contributed by atoms with E-state index < -0.39 is 6.04 Å². The molecular weight excluding hydrogens is 295 g/mol. The van der Waals surface area contributed by atoms with Crippen molar-refractivity contribution in [2.45, 2.75) is 26.8 Å². The molecule has 0 spiro atoms. The molecule has 2 aromatic rings. The van der Waals surface area contributed by atoms with Crippen molar-refractivity contribution in [2.75, 3.05) is 10.6 Å². The lowest BCUT2D eigenvalue weighted by Gasteiger charge is -2.16. The maximum absolute atomic E-state index is 13.5.